The number of benzene rings is 4. The highest BCUT2D eigenvalue weighted by Crippen LogP contribution is 2.32. The Bertz CT molecular complexity index is 1510. The molecule has 0 aliphatic carbocycles. The molecule has 1 atom stereocenters. The van der Waals surface area contributed by atoms with E-state index in [2.05, 4.69) is 114 Å². The molecule has 0 spiro atoms. The fraction of sp³-hybridized carbons (Fsp3) is 0.357. The van der Waals surface area contributed by atoms with E-state index in [1.165, 1.54) is 33.4 Å². The van der Waals surface area contributed by atoms with E-state index < -0.39 is 6.10 Å². The summed E-state index contributed by atoms with van der Waals surface area (Å²) >= 11 is 0. The van der Waals surface area contributed by atoms with Crippen LogP contribution in [-0.4, -0.2) is 31.9 Å². The minimum absolute atomic E-state index is 0.109. The van der Waals surface area contributed by atoms with Crippen LogP contribution in [0, 0.1) is 0 Å². The lowest BCUT2D eigenvalue weighted by atomic mass is 9.85. The molecule has 0 aromatic heterocycles. The maximum atomic E-state index is 12.2. The van der Waals surface area contributed by atoms with Crippen LogP contribution in [0.5, 0.6) is 5.75 Å². The molecule has 4 nitrogen and oxygen atoms in total. The normalized spacial score (nSPS) is 12.7. The van der Waals surface area contributed by atoms with Crippen LogP contribution in [-0.2, 0) is 31.5 Å². The first-order chi connectivity index (χ1) is 21.9. The molecule has 4 aromatic carbocycles. The van der Waals surface area contributed by atoms with Gasteiger partial charge in [0, 0.05) is 13.0 Å². The molecule has 4 aromatic rings. The Labute approximate surface area is 276 Å². The fourth-order valence-electron chi connectivity index (χ4n) is 5.32. The van der Waals surface area contributed by atoms with Crippen molar-refractivity contribution >= 4 is 12.0 Å². The third kappa shape index (κ3) is 9.67. The van der Waals surface area contributed by atoms with E-state index in [9.17, 15) is 4.79 Å². The average molecular weight is 619 g/mol. The quantitative estimate of drug-likeness (QED) is 0.148. The number of carbonyl (C=O) groups is 1. The van der Waals surface area contributed by atoms with Crippen molar-refractivity contribution in [2.75, 3.05) is 19.8 Å². The van der Waals surface area contributed by atoms with Crippen LogP contribution in [0.1, 0.15) is 77.6 Å². The van der Waals surface area contributed by atoms with Gasteiger partial charge in [0.1, 0.15) is 12.4 Å². The molecule has 4 rings (SSSR count). The van der Waals surface area contributed by atoms with Crippen LogP contribution in [0.4, 0.5) is 0 Å². The van der Waals surface area contributed by atoms with Gasteiger partial charge in [-0.25, -0.2) is 4.79 Å². The highest BCUT2D eigenvalue weighted by Gasteiger charge is 2.20. The first kappa shape index (κ1) is 34.7. The lowest BCUT2D eigenvalue weighted by Gasteiger charge is -2.20. The zero-order valence-electron chi connectivity index (χ0n) is 28.9. The van der Waals surface area contributed by atoms with E-state index in [0.717, 1.165) is 16.9 Å². The van der Waals surface area contributed by atoms with Crippen LogP contribution in [0.2, 0.25) is 0 Å². The molecule has 0 amide bonds. The molecule has 242 valence electrons. The summed E-state index contributed by atoms with van der Waals surface area (Å²) in [6, 6.07) is 32.4. The Morgan fingerprint density at radius 1 is 0.674 bits per heavy atom. The molecule has 1 unspecified atom stereocenters. The predicted molar refractivity (Wildman–Crippen MR) is 191 cm³/mol. The van der Waals surface area contributed by atoms with E-state index in [-0.39, 0.29) is 16.8 Å². The van der Waals surface area contributed by atoms with Crippen LogP contribution < -0.4 is 4.74 Å². The van der Waals surface area contributed by atoms with Crippen molar-refractivity contribution in [3.63, 3.8) is 0 Å². The Kier molecular flexibility index (Phi) is 11.6. The maximum absolute atomic E-state index is 12.2. The van der Waals surface area contributed by atoms with E-state index in [1.54, 1.807) is 6.92 Å². The monoisotopic (exact) mass is 618 g/mol. The van der Waals surface area contributed by atoms with Crippen LogP contribution >= 0.6 is 0 Å². The molecular formula is C42H50O4. The highest BCUT2D eigenvalue weighted by atomic mass is 16.6. The van der Waals surface area contributed by atoms with E-state index in [1.807, 2.05) is 37.3 Å². The van der Waals surface area contributed by atoms with Gasteiger partial charge in [0.05, 0.1) is 6.61 Å². The highest BCUT2D eigenvalue weighted by molar-refractivity contribution is 5.77. The molecule has 0 aliphatic rings. The van der Waals surface area contributed by atoms with E-state index in [0.29, 0.717) is 26.2 Å². The van der Waals surface area contributed by atoms with Gasteiger partial charge in [0.2, 0.25) is 0 Å². The smallest absolute Gasteiger partial charge is 0.335 e. The molecule has 0 saturated carbocycles. The topological polar surface area (TPSA) is 44.8 Å². The third-order valence-electron chi connectivity index (χ3n) is 8.04. The van der Waals surface area contributed by atoms with Gasteiger partial charge in [-0.05, 0) is 106 Å². The van der Waals surface area contributed by atoms with Gasteiger partial charge in [-0.2, -0.15) is 0 Å². The minimum atomic E-state index is -0.604. The minimum Gasteiger partial charge on any atom is -0.490 e. The van der Waals surface area contributed by atoms with Gasteiger partial charge in [0.25, 0.3) is 0 Å². The molecule has 0 heterocycles. The van der Waals surface area contributed by atoms with Crippen molar-refractivity contribution < 1.29 is 19.0 Å². The Hall–Kier alpha value is -4.15. The summed E-state index contributed by atoms with van der Waals surface area (Å²) in [5, 5.41) is 0. The molecule has 0 N–H and O–H groups in total. The van der Waals surface area contributed by atoms with Crippen molar-refractivity contribution in [1.82, 2.24) is 0 Å². The predicted octanol–water partition coefficient (Wildman–Crippen LogP) is 10.2. The number of hydrogen-bond acceptors (Lipinski definition) is 4. The molecule has 46 heavy (non-hydrogen) atoms. The number of esters is 1. The largest absolute Gasteiger partial charge is 0.490 e. The van der Waals surface area contributed by atoms with Gasteiger partial charge < -0.3 is 14.2 Å². The fourth-order valence-corrected chi connectivity index (χ4v) is 5.32. The van der Waals surface area contributed by atoms with E-state index in [4.69, 9.17) is 14.2 Å². The van der Waals surface area contributed by atoms with Gasteiger partial charge in [-0.3, -0.25) is 0 Å². The molecular weight excluding hydrogens is 568 g/mol. The lowest BCUT2D eigenvalue weighted by molar-refractivity contribution is -0.156. The first-order valence-electron chi connectivity index (χ1n) is 16.4. The first-order valence-corrected chi connectivity index (χ1v) is 16.4. The van der Waals surface area contributed by atoms with Crippen molar-refractivity contribution in [3.05, 3.63) is 119 Å². The molecule has 0 aliphatic heterocycles. The average Bonchev–Trinajstić information content (AvgIpc) is 3.03. The van der Waals surface area contributed by atoms with Crippen LogP contribution in [0.3, 0.4) is 0 Å². The summed E-state index contributed by atoms with van der Waals surface area (Å²) in [7, 11) is 0. The van der Waals surface area contributed by atoms with Crippen molar-refractivity contribution in [1.29, 1.82) is 0 Å². The van der Waals surface area contributed by atoms with Crippen molar-refractivity contribution in [2.45, 2.75) is 78.7 Å². The summed E-state index contributed by atoms with van der Waals surface area (Å²) in [4.78, 5) is 12.2. The second-order valence-corrected chi connectivity index (χ2v) is 13.8. The second-order valence-electron chi connectivity index (χ2n) is 13.8. The summed E-state index contributed by atoms with van der Waals surface area (Å²) < 4.78 is 16.8. The number of rotatable bonds is 12. The zero-order chi connectivity index (χ0) is 33.3. The summed E-state index contributed by atoms with van der Waals surface area (Å²) in [6.07, 6.45) is 4.03. The summed E-state index contributed by atoms with van der Waals surface area (Å²) in [5.74, 6) is 0.440. The van der Waals surface area contributed by atoms with Gasteiger partial charge in [0.15, 0.2) is 6.10 Å². The van der Waals surface area contributed by atoms with E-state index >= 15 is 0 Å². The van der Waals surface area contributed by atoms with Crippen LogP contribution in [0.25, 0.3) is 28.3 Å². The van der Waals surface area contributed by atoms with Gasteiger partial charge in [-0.1, -0.05) is 108 Å². The second kappa shape index (κ2) is 15.4. The zero-order valence-corrected chi connectivity index (χ0v) is 28.9. The summed E-state index contributed by atoms with van der Waals surface area (Å²) in [6.45, 7) is 18.4. The van der Waals surface area contributed by atoms with Crippen molar-refractivity contribution in [3.8, 4) is 28.0 Å². The SMILES string of the molecule is CCOC(=O)C(Cc1ccc(OC/C=C/c2cc(-c3ccc(C(C)(C)C)cc3)cc(-c3ccc(C(C)(C)C)cc3)c2)cc1)OCC. The Morgan fingerprint density at radius 2 is 1.20 bits per heavy atom. The van der Waals surface area contributed by atoms with Gasteiger partial charge in [-0.15, -0.1) is 0 Å². The van der Waals surface area contributed by atoms with Gasteiger partial charge >= 0.3 is 5.97 Å². The molecule has 0 fully saturated rings. The molecule has 0 radical (unpaired) electrons. The van der Waals surface area contributed by atoms with Crippen molar-refractivity contribution in [2.24, 2.45) is 0 Å². The molecule has 4 heteroatoms. The number of hydrogen-bond donors (Lipinski definition) is 0. The lowest BCUT2D eigenvalue weighted by Crippen LogP contribution is -2.28. The Balaban J connectivity index is 1.51. The number of ether oxygens (including phenoxy) is 3. The molecule has 0 bridgehead atoms. The third-order valence-corrected chi connectivity index (χ3v) is 8.04. The molecule has 0 saturated heterocycles. The summed E-state index contributed by atoms with van der Waals surface area (Å²) in [5.41, 5.74) is 9.73. The standard InChI is InChI=1S/C42H50O4/c1-9-44-39(40(43)45-10-2)28-30-13-23-38(24-14-30)46-25-11-12-31-26-34(32-15-19-36(20-16-32)41(3,4)5)29-35(27-31)33-17-21-37(22-18-33)42(6,7)8/h11-24,26-27,29,39H,9-10,25,28H2,1-8H3/b12-11+. The number of carbonyl (C=O) groups excluding carboxylic acids is 1. The Morgan fingerprint density at radius 3 is 1.65 bits per heavy atom. The van der Waals surface area contributed by atoms with Crippen LogP contribution in [0.15, 0.2) is 97.1 Å². The maximum Gasteiger partial charge on any atom is 0.335 e.